The first-order valence-electron chi connectivity index (χ1n) is 6.76. The van der Waals surface area contributed by atoms with E-state index >= 15 is 0 Å². The van der Waals surface area contributed by atoms with Crippen molar-refractivity contribution >= 4 is 5.91 Å². The molecule has 0 atom stereocenters. The Morgan fingerprint density at radius 1 is 1.19 bits per heavy atom. The standard InChI is InChI=1S/C13H26N2O/c1-3-15(4-2)13(16)11-14-10-12-8-6-5-7-9-12/h12,14H,3-11H2,1-2H3. The summed E-state index contributed by atoms with van der Waals surface area (Å²) in [6.45, 7) is 7.23. The van der Waals surface area contributed by atoms with Crippen LogP contribution in [-0.4, -0.2) is 37.0 Å². The molecule has 1 saturated carbocycles. The van der Waals surface area contributed by atoms with Gasteiger partial charge in [0.25, 0.3) is 0 Å². The lowest BCUT2D eigenvalue weighted by molar-refractivity contribution is -0.129. The molecule has 0 aromatic rings. The summed E-state index contributed by atoms with van der Waals surface area (Å²) >= 11 is 0. The Morgan fingerprint density at radius 2 is 1.81 bits per heavy atom. The van der Waals surface area contributed by atoms with Crippen molar-refractivity contribution in [1.82, 2.24) is 10.2 Å². The van der Waals surface area contributed by atoms with E-state index in [0.717, 1.165) is 25.6 Å². The molecule has 3 nitrogen and oxygen atoms in total. The molecule has 0 aliphatic heterocycles. The van der Waals surface area contributed by atoms with E-state index in [1.54, 1.807) is 0 Å². The van der Waals surface area contributed by atoms with Gasteiger partial charge in [0.2, 0.25) is 5.91 Å². The summed E-state index contributed by atoms with van der Waals surface area (Å²) in [6.07, 6.45) is 6.82. The molecule has 94 valence electrons. The fourth-order valence-corrected chi connectivity index (χ4v) is 2.46. The molecule has 0 aromatic carbocycles. The Hall–Kier alpha value is -0.570. The molecule has 1 rings (SSSR count). The maximum atomic E-state index is 11.7. The van der Waals surface area contributed by atoms with Crippen LogP contribution in [0.25, 0.3) is 0 Å². The number of rotatable bonds is 6. The highest BCUT2D eigenvalue weighted by atomic mass is 16.2. The lowest BCUT2D eigenvalue weighted by Gasteiger charge is -2.23. The molecule has 16 heavy (non-hydrogen) atoms. The van der Waals surface area contributed by atoms with Crippen molar-refractivity contribution in [1.29, 1.82) is 0 Å². The van der Waals surface area contributed by atoms with E-state index in [0.29, 0.717) is 6.54 Å². The summed E-state index contributed by atoms with van der Waals surface area (Å²) in [7, 11) is 0. The van der Waals surface area contributed by atoms with Gasteiger partial charge in [-0.25, -0.2) is 0 Å². The van der Waals surface area contributed by atoms with Crippen LogP contribution in [-0.2, 0) is 4.79 Å². The number of carbonyl (C=O) groups excluding carboxylic acids is 1. The summed E-state index contributed by atoms with van der Waals surface area (Å²) in [5.41, 5.74) is 0. The number of nitrogens with one attached hydrogen (secondary N) is 1. The maximum absolute atomic E-state index is 11.7. The molecule has 3 heteroatoms. The number of hydrogen-bond acceptors (Lipinski definition) is 2. The lowest BCUT2D eigenvalue weighted by Crippen LogP contribution is -2.39. The Labute approximate surface area is 99.6 Å². The van der Waals surface area contributed by atoms with Gasteiger partial charge < -0.3 is 10.2 Å². The molecule has 1 aliphatic rings. The number of amides is 1. The smallest absolute Gasteiger partial charge is 0.236 e. The third-order valence-corrected chi connectivity index (χ3v) is 3.55. The van der Waals surface area contributed by atoms with Crippen molar-refractivity contribution in [3.63, 3.8) is 0 Å². The molecular weight excluding hydrogens is 200 g/mol. The molecule has 0 saturated heterocycles. The van der Waals surface area contributed by atoms with Crippen LogP contribution in [0.1, 0.15) is 46.0 Å². The largest absolute Gasteiger partial charge is 0.342 e. The van der Waals surface area contributed by atoms with Gasteiger partial charge in [0.15, 0.2) is 0 Å². The second-order valence-corrected chi connectivity index (χ2v) is 4.70. The summed E-state index contributed by atoms with van der Waals surface area (Å²) in [6, 6.07) is 0. The molecule has 1 fully saturated rings. The van der Waals surface area contributed by atoms with Gasteiger partial charge in [0, 0.05) is 13.1 Å². The number of likely N-dealkylation sites (N-methyl/N-ethyl adjacent to an activating group) is 1. The van der Waals surface area contributed by atoms with Gasteiger partial charge in [0.05, 0.1) is 6.54 Å². The SMILES string of the molecule is CCN(CC)C(=O)CNCC1CCCCC1. The Kier molecular flexibility index (Phi) is 6.46. The molecule has 0 aromatic heterocycles. The summed E-state index contributed by atoms with van der Waals surface area (Å²) in [5.74, 6) is 1.04. The van der Waals surface area contributed by atoms with E-state index in [2.05, 4.69) is 5.32 Å². The fraction of sp³-hybridized carbons (Fsp3) is 0.923. The Balaban J connectivity index is 2.11. The molecule has 0 radical (unpaired) electrons. The van der Waals surface area contributed by atoms with Crippen molar-refractivity contribution in [3.8, 4) is 0 Å². The van der Waals surface area contributed by atoms with E-state index < -0.39 is 0 Å². The van der Waals surface area contributed by atoms with E-state index in [-0.39, 0.29) is 5.91 Å². The van der Waals surface area contributed by atoms with Crippen LogP contribution in [0.15, 0.2) is 0 Å². The number of carbonyl (C=O) groups is 1. The van der Waals surface area contributed by atoms with Gasteiger partial charge in [-0.2, -0.15) is 0 Å². The van der Waals surface area contributed by atoms with Gasteiger partial charge >= 0.3 is 0 Å². The third-order valence-electron chi connectivity index (χ3n) is 3.55. The molecular formula is C13H26N2O. The predicted molar refractivity (Wildman–Crippen MR) is 67.4 cm³/mol. The summed E-state index contributed by atoms with van der Waals surface area (Å²) in [4.78, 5) is 13.6. The first-order chi connectivity index (χ1) is 7.77. The third kappa shape index (κ3) is 4.52. The van der Waals surface area contributed by atoms with Gasteiger partial charge in [-0.3, -0.25) is 4.79 Å². The Bertz CT molecular complexity index is 196. The summed E-state index contributed by atoms with van der Waals surface area (Å²) < 4.78 is 0. The quantitative estimate of drug-likeness (QED) is 0.751. The first kappa shape index (κ1) is 13.5. The predicted octanol–water partition coefficient (Wildman–Crippen LogP) is 2.02. The lowest BCUT2D eigenvalue weighted by atomic mass is 9.89. The van der Waals surface area contributed by atoms with Gasteiger partial charge in [-0.1, -0.05) is 19.3 Å². The zero-order valence-electron chi connectivity index (χ0n) is 10.8. The second kappa shape index (κ2) is 7.66. The van der Waals surface area contributed by atoms with E-state index in [4.69, 9.17) is 0 Å². The van der Waals surface area contributed by atoms with E-state index in [1.165, 1.54) is 32.1 Å². The molecule has 0 unspecified atom stereocenters. The fourth-order valence-electron chi connectivity index (χ4n) is 2.46. The average Bonchev–Trinajstić information content (AvgIpc) is 2.32. The normalized spacial score (nSPS) is 17.4. The van der Waals surface area contributed by atoms with Crippen LogP contribution in [0.5, 0.6) is 0 Å². The number of nitrogens with zero attached hydrogens (tertiary/aromatic N) is 1. The summed E-state index contributed by atoms with van der Waals surface area (Å²) in [5, 5.41) is 3.31. The highest BCUT2D eigenvalue weighted by Gasteiger charge is 2.14. The minimum atomic E-state index is 0.237. The highest BCUT2D eigenvalue weighted by Crippen LogP contribution is 2.22. The van der Waals surface area contributed by atoms with Crippen LogP contribution < -0.4 is 5.32 Å². The van der Waals surface area contributed by atoms with Crippen molar-refractivity contribution in [2.24, 2.45) is 5.92 Å². The van der Waals surface area contributed by atoms with Gasteiger partial charge in [-0.05, 0) is 39.2 Å². The van der Waals surface area contributed by atoms with Crippen LogP contribution in [0.4, 0.5) is 0 Å². The maximum Gasteiger partial charge on any atom is 0.236 e. The molecule has 1 aliphatic carbocycles. The van der Waals surface area contributed by atoms with E-state index in [1.807, 2.05) is 18.7 Å². The van der Waals surface area contributed by atoms with Crippen molar-refractivity contribution in [2.75, 3.05) is 26.2 Å². The molecule has 0 bridgehead atoms. The monoisotopic (exact) mass is 226 g/mol. The minimum Gasteiger partial charge on any atom is -0.342 e. The van der Waals surface area contributed by atoms with Gasteiger partial charge in [0.1, 0.15) is 0 Å². The molecule has 0 spiro atoms. The topological polar surface area (TPSA) is 32.3 Å². The average molecular weight is 226 g/mol. The zero-order valence-corrected chi connectivity index (χ0v) is 10.8. The van der Waals surface area contributed by atoms with Crippen molar-refractivity contribution in [3.05, 3.63) is 0 Å². The second-order valence-electron chi connectivity index (χ2n) is 4.70. The van der Waals surface area contributed by atoms with Crippen LogP contribution in [0.2, 0.25) is 0 Å². The van der Waals surface area contributed by atoms with Crippen molar-refractivity contribution < 1.29 is 4.79 Å². The van der Waals surface area contributed by atoms with E-state index in [9.17, 15) is 4.79 Å². The molecule has 0 heterocycles. The van der Waals surface area contributed by atoms with Crippen LogP contribution >= 0.6 is 0 Å². The van der Waals surface area contributed by atoms with Crippen LogP contribution in [0.3, 0.4) is 0 Å². The number of hydrogen-bond donors (Lipinski definition) is 1. The van der Waals surface area contributed by atoms with Gasteiger partial charge in [-0.15, -0.1) is 0 Å². The van der Waals surface area contributed by atoms with Crippen LogP contribution in [0, 0.1) is 5.92 Å². The Morgan fingerprint density at radius 3 is 2.38 bits per heavy atom. The molecule has 1 amide bonds. The minimum absolute atomic E-state index is 0.237. The first-order valence-corrected chi connectivity index (χ1v) is 6.76. The zero-order chi connectivity index (χ0) is 11.8. The van der Waals surface area contributed by atoms with Crippen molar-refractivity contribution in [2.45, 2.75) is 46.0 Å². The molecule has 1 N–H and O–H groups in total. The highest BCUT2D eigenvalue weighted by molar-refractivity contribution is 5.78.